The molecule has 1 N–H and O–H groups in total. The fraction of sp³-hybridized carbons (Fsp3) is 0.211. The standard InChI is InChI=1S/C19H19NO2/c1-14(11-12-16-8-5-13-22-16)20-19(21)18-10-4-7-15-6-2-3-9-17(15)18/h2-10,13-14H,11-12H2,1H3,(H,20,21). The third-order valence-electron chi connectivity index (χ3n) is 3.82. The summed E-state index contributed by atoms with van der Waals surface area (Å²) < 4.78 is 5.32. The molecule has 3 aromatic rings. The molecule has 0 bridgehead atoms. The quantitative estimate of drug-likeness (QED) is 0.766. The molecule has 3 rings (SSSR count). The summed E-state index contributed by atoms with van der Waals surface area (Å²) in [6.07, 6.45) is 3.35. The van der Waals surface area contributed by atoms with Crippen molar-refractivity contribution in [3.05, 3.63) is 72.2 Å². The summed E-state index contributed by atoms with van der Waals surface area (Å²) in [6, 6.07) is 17.7. The van der Waals surface area contributed by atoms with Gasteiger partial charge in [-0.1, -0.05) is 36.4 Å². The van der Waals surface area contributed by atoms with Gasteiger partial charge in [0.15, 0.2) is 0 Å². The number of nitrogens with one attached hydrogen (secondary N) is 1. The highest BCUT2D eigenvalue weighted by molar-refractivity contribution is 6.07. The lowest BCUT2D eigenvalue weighted by atomic mass is 10.0. The van der Waals surface area contributed by atoms with E-state index >= 15 is 0 Å². The third kappa shape index (κ3) is 3.19. The predicted molar refractivity (Wildman–Crippen MR) is 87.9 cm³/mol. The van der Waals surface area contributed by atoms with E-state index < -0.39 is 0 Å². The van der Waals surface area contributed by atoms with Crippen LogP contribution in [0.3, 0.4) is 0 Å². The van der Waals surface area contributed by atoms with Crippen LogP contribution in [0.15, 0.2) is 65.3 Å². The molecule has 0 aliphatic heterocycles. The van der Waals surface area contributed by atoms with E-state index in [2.05, 4.69) is 5.32 Å². The lowest BCUT2D eigenvalue weighted by molar-refractivity contribution is 0.0940. The molecule has 3 heteroatoms. The minimum atomic E-state index is -0.0243. The number of benzene rings is 2. The number of amides is 1. The second kappa shape index (κ2) is 6.48. The summed E-state index contributed by atoms with van der Waals surface area (Å²) in [7, 11) is 0. The number of furan rings is 1. The van der Waals surface area contributed by atoms with Gasteiger partial charge in [0, 0.05) is 18.0 Å². The zero-order valence-electron chi connectivity index (χ0n) is 12.6. The topological polar surface area (TPSA) is 42.2 Å². The Morgan fingerprint density at radius 2 is 1.91 bits per heavy atom. The molecule has 1 heterocycles. The van der Waals surface area contributed by atoms with Gasteiger partial charge in [-0.3, -0.25) is 4.79 Å². The van der Waals surface area contributed by atoms with Crippen LogP contribution in [0.1, 0.15) is 29.5 Å². The van der Waals surface area contributed by atoms with E-state index in [1.54, 1.807) is 6.26 Å². The zero-order valence-corrected chi connectivity index (χ0v) is 12.6. The van der Waals surface area contributed by atoms with E-state index in [-0.39, 0.29) is 11.9 Å². The summed E-state index contributed by atoms with van der Waals surface area (Å²) in [6.45, 7) is 2.02. The van der Waals surface area contributed by atoms with Crippen LogP contribution in [-0.4, -0.2) is 11.9 Å². The smallest absolute Gasteiger partial charge is 0.252 e. The highest BCUT2D eigenvalue weighted by Crippen LogP contribution is 2.18. The number of rotatable bonds is 5. The van der Waals surface area contributed by atoms with Gasteiger partial charge in [0.1, 0.15) is 5.76 Å². The van der Waals surface area contributed by atoms with Gasteiger partial charge >= 0.3 is 0 Å². The number of aryl methyl sites for hydroxylation is 1. The molecule has 0 saturated heterocycles. The van der Waals surface area contributed by atoms with Gasteiger partial charge < -0.3 is 9.73 Å². The molecule has 0 fully saturated rings. The minimum Gasteiger partial charge on any atom is -0.469 e. The number of carbonyl (C=O) groups excluding carboxylic acids is 1. The van der Waals surface area contributed by atoms with Crippen molar-refractivity contribution in [3.63, 3.8) is 0 Å². The number of carbonyl (C=O) groups is 1. The summed E-state index contributed by atoms with van der Waals surface area (Å²) in [5.41, 5.74) is 0.725. The second-order valence-electron chi connectivity index (χ2n) is 5.52. The summed E-state index contributed by atoms with van der Waals surface area (Å²) >= 11 is 0. The Labute approximate surface area is 130 Å². The summed E-state index contributed by atoms with van der Waals surface area (Å²) in [4.78, 5) is 12.5. The van der Waals surface area contributed by atoms with Crippen molar-refractivity contribution in [3.8, 4) is 0 Å². The van der Waals surface area contributed by atoms with Gasteiger partial charge in [-0.25, -0.2) is 0 Å². The molecule has 1 atom stereocenters. The summed E-state index contributed by atoms with van der Waals surface area (Å²) in [5, 5.41) is 5.14. The Balaban J connectivity index is 1.68. The second-order valence-corrected chi connectivity index (χ2v) is 5.52. The molecule has 1 aromatic heterocycles. The fourth-order valence-electron chi connectivity index (χ4n) is 2.61. The monoisotopic (exact) mass is 293 g/mol. The maximum Gasteiger partial charge on any atom is 0.252 e. The van der Waals surface area contributed by atoms with Crippen molar-refractivity contribution in [2.75, 3.05) is 0 Å². The van der Waals surface area contributed by atoms with E-state index in [4.69, 9.17) is 4.42 Å². The van der Waals surface area contributed by atoms with Crippen LogP contribution >= 0.6 is 0 Å². The van der Waals surface area contributed by atoms with E-state index in [1.165, 1.54) is 0 Å². The van der Waals surface area contributed by atoms with Crippen molar-refractivity contribution in [1.82, 2.24) is 5.32 Å². The van der Waals surface area contributed by atoms with Gasteiger partial charge in [0.25, 0.3) is 5.91 Å². The summed E-state index contributed by atoms with van der Waals surface area (Å²) in [5.74, 6) is 0.926. The molecule has 0 saturated carbocycles. The predicted octanol–water partition coefficient (Wildman–Crippen LogP) is 4.18. The molecular weight excluding hydrogens is 274 g/mol. The van der Waals surface area contributed by atoms with Crippen LogP contribution < -0.4 is 5.32 Å². The Hall–Kier alpha value is -2.55. The normalized spacial score (nSPS) is 12.2. The molecule has 1 amide bonds. The zero-order chi connectivity index (χ0) is 15.4. The van der Waals surface area contributed by atoms with Crippen molar-refractivity contribution in [2.45, 2.75) is 25.8 Å². The average Bonchev–Trinajstić information content (AvgIpc) is 3.06. The van der Waals surface area contributed by atoms with E-state index in [0.29, 0.717) is 0 Å². The lowest BCUT2D eigenvalue weighted by Gasteiger charge is -2.14. The molecular formula is C19H19NO2. The van der Waals surface area contributed by atoms with Crippen LogP contribution in [-0.2, 0) is 6.42 Å². The fourth-order valence-corrected chi connectivity index (χ4v) is 2.61. The van der Waals surface area contributed by atoms with Crippen molar-refractivity contribution in [1.29, 1.82) is 0 Å². The van der Waals surface area contributed by atoms with Crippen molar-refractivity contribution >= 4 is 16.7 Å². The van der Waals surface area contributed by atoms with Crippen LogP contribution in [0.2, 0.25) is 0 Å². The molecule has 0 aliphatic carbocycles. The third-order valence-corrected chi connectivity index (χ3v) is 3.82. The van der Waals surface area contributed by atoms with Crippen LogP contribution in [0.25, 0.3) is 10.8 Å². The Morgan fingerprint density at radius 3 is 2.73 bits per heavy atom. The van der Waals surface area contributed by atoms with Crippen LogP contribution in [0.5, 0.6) is 0 Å². The van der Waals surface area contributed by atoms with Crippen LogP contribution in [0.4, 0.5) is 0 Å². The molecule has 112 valence electrons. The molecule has 1 unspecified atom stereocenters. The van der Waals surface area contributed by atoms with E-state index in [9.17, 15) is 4.79 Å². The maximum atomic E-state index is 12.5. The molecule has 22 heavy (non-hydrogen) atoms. The van der Waals surface area contributed by atoms with Crippen molar-refractivity contribution in [2.24, 2.45) is 0 Å². The number of hydrogen-bond donors (Lipinski definition) is 1. The van der Waals surface area contributed by atoms with E-state index in [0.717, 1.165) is 34.9 Å². The van der Waals surface area contributed by atoms with Crippen molar-refractivity contribution < 1.29 is 9.21 Å². The van der Waals surface area contributed by atoms with Crippen LogP contribution in [0, 0.1) is 0 Å². The first-order valence-electron chi connectivity index (χ1n) is 7.55. The van der Waals surface area contributed by atoms with Gasteiger partial charge in [0.05, 0.1) is 6.26 Å². The maximum absolute atomic E-state index is 12.5. The first kappa shape index (κ1) is 14.4. The molecule has 0 radical (unpaired) electrons. The molecule has 3 nitrogen and oxygen atoms in total. The van der Waals surface area contributed by atoms with Gasteiger partial charge in [-0.05, 0) is 42.3 Å². The lowest BCUT2D eigenvalue weighted by Crippen LogP contribution is -2.33. The first-order chi connectivity index (χ1) is 10.7. The van der Waals surface area contributed by atoms with Gasteiger partial charge in [0.2, 0.25) is 0 Å². The highest BCUT2D eigenvalue weighted by atomic mass is 16.3. The molecule has 2 aromatic carbocycles. The first-order valence-corrected chi connectivity index (χ1v) is 7.55. The molecule has 0 aliphatic rings. The number of fused-ring (bicyclic) bond motifs is 1. The number of hydrogen-bond acceptors (Lipinski definition) is 2. The Kier molecular flexibility index (Phi) is 4.24. The van der Waals surface area contributed by atoms with Gasteiger partial charge in [-0.2, -0.15) is 0 Å². The Morgan fingerprint density at radius 1 is 1.09 bits per heavy atom. The highest BCUT2D eigenvalue weighted by Gasteiger charge is 2.12. The SMILES string of the molecule is CC(CCc1ccco1)NC(=O)c1cccc2ccccc12. The van der Waals surface area contributed by atoms with E-state index in [1.807, 2.05) is 61.5 Å². The van der Waals surface area contributed by atoms with Gasteiger partial charge in [-0.15, -0.1) is 0 Å². The average molecular weight is 293 g/mol. The molecule has 0 spiro atoms. The largest absolute Gasteiger partial charge is 0.469 e. The minimum absolute atomic E-state index is 0.0243. The Bertz CT molecular complexity index is 757.